The summed E-state index contributed by atoms with van der Waals surface area (Å²) in [6, 6.07) is 14.2. The molecule has 0 aromatic heterocycles. The summed E-state index contributed by atoms with van der Waals surface area (Å²) in [6.07, 6.45) is 8.22. The quantitative estimate of drug-likeness (QED) is 0.0737. The van der Waals surface area contributed by atoms with Crippen LogP contribution in [0.4, 0.5) is 4.79 Å². The van der Waals surface area contributed by atoms with Crippen molar-refractivity contribution in [2.24, 2.45) is 22.9 Å². The first-order chi connectivity index (χ1) is 23.9. The van der Waals surface area contributed by atoms with Gasteiger partial charge in [-0.3, -0.25) is 0 Å². The molecule has 1 heterocycles. The second kappa shape index (κ2) is 17.4. The minimum atomic E-state index is -1.38. The van der Waals surface area contributed by atoms with E-state index in [4.69, 9.17) is 35.8 Å². The molecular weight excluding hydrogens is 648 g/mol. The molecule has 2 aromatic rings. The van der Waals surface area contributed by atoms with Crippen molar-refractivity contribution >= 4 is 23.4 Å². The Bertz CT molecular complexity index is 1470. The summed E-state index contributed by atoms with van der Waals surface area (Å²) in [5, 5.41) is 34.9. The lowest BCUT2D eigenvalue weighted by Crippen LogP contribution is -2.69. The van der Waals surface area contributed by atoms with E-state index in [1.807, 2.05) is 30.3 Å². The maximum atomic E-state index is 13.5. The highest BCUT2D eigenvalue weighted by molar-refractivity contribution is 6.18. The minimum absolute atomic E-state index is 0.0434. The molecule has 3 N–H and O–H groups in total. The third-order valence-electron chi connectivity index (χ3n) is 9.96. The van der Waals surface area contributed by atoms with Crippen LogP contribution in [0.1, 0.15) is 62.0 Å². The number of ether oxygens (including phenoxy) is 3. The van der Waals surface area contributed by atoms with Crippen LogP contribution in [-0.4, -0.2) is 83.2 Å². The van der Waals surface area contributed by atoms with Crippen molar-refractivity contribution in [1.82, 2.24) is 4.90 Å². The number of amides is 1. The summed E-state index contributed by atoms with van der Waals surface area (Å²) in [4.78, 5) is 21.1. The summed E-state index contributed by atoms with van der Waals surface area (Å²) in [7, 11) is 1.67. The summed E-state index contributed by atoms with van der Waals surface area (Å²) in [6.45, 7) is 4.58. The topological polar surface area (TPSA) is 130 Å². The first-order valence-corrected chi connectivity index (χ1v) is 17.8. The van der Waals surface area contributed by atoms with E-state index in [1.54, 1.807) is 31.3 Å². The number of allylic oxidation sites excluding steroid dienone is 1. The molecule has 2 aromatic carbocycles. The summed E-state index contributed by atoms with van der Waals surface area (Å²) in [5.41, 5.74) is 3.42. The van der Waals surface area contributed by atoms with E-state index in [1.165, 1.54) is 4.90 Å². The largest absolute Gasteiger partial charge is 0.508 e. The fourth-order valence-corrected chi connectivity index (χ4v) is 7.93. The Kier molecular flexibility index (Phi) is 13.0. The zero-order valence-electron chi connectivity index (χ0n) is 28.2. The number of carbonyl (C=O) groups is 1. The molecule has 0 radical (unpaired) electrons. The molecule has 6 atom stereocenters. The van der Waals surface area contributed by atoms with Gasteiger partial charge in [-0.25, -0.2) is 4.79 Å². The molecule has 5 rings (SSSR count). The van der Waals surface area contributed by atoms with Crippen LogP contribution in [0.25, 0.3) is 0 Å². The molecule has 11 heteroatoms. The Hall–Kier alpha value is -3.57. The highest BCUT2D eigenvalue weighted by Gasteiger charge is 2.65. The van der Waals surface area contributed by atoms with Crippen molar-refractivity contribution in [3.63, 3.8) is 0 Å². The predicted molar refractivity (Wildman–Crippen MR) is 188 cm³/mol. The summed E-state index contributed by atoms with van der Waals surface area (Å²) in [5.74, 6) is -1.06. The van der Waals surface area contributed by atoms with E-state index in [2.05, 4.69) is 12.7 Å². The van der Waals surface area contributed by atoms with E-state index in [0.29, 0.717) is 24.3 Å². The second-order valence-corrected chi connectivity index (χ2v) is 13.3. The number of oxime groups is 1. The molecule has 6 unspecified atom stereocenters. The SMILES string of the molecule is C=CCOC12Oc3ccc(O)cc3C3C(CCCCO)C(CCCCO)C=C(C(=NOCc4ccccc4)CC1N(C)C(=O)OCCCl)C32. The molecule has 10 nitrogen and oxygen atoms in total. The zero-order chi connectivity index (χ0) is 34.8. The highest BCUT2D eigenvalue weighted by atomic mass is 35.5. The minimum Gasteiger partial charge on any atom is -0.508 e. The molecular formula is C38H49ClN2O8. The molecule has 49 heavy (non-hydrogen) atoms. The summed E-state index contributed by atoms with van der Waals surface area (Å²) < 4.78 is 19.3. The van der Waals surface area contributed by atoms with Gasteiger partial charge in [0.25, 0.3) is 0 Å². The molecule has 3 aliphatic rings. The van der Waals surface area contributed by atoms with E-state index in [9.17, 15) is 20.1 Å². The first-order valence-electron chi connectivity index (χ1n) is 17.3. The van der Waals surface area contributed by atoms with Crippen LogP contribution >= 0.6 is 11.6 Å². The first kappa shape index (κ1) is 36.7. The van der Waals surface area contributed by atoms with Gasteiger partial charge in [-0.1, -0.05) is 60.5 Å². The van der Waals surface area contributed by atoms with Crippen molar-refractivity contribution in [3.05, 3.63) is 84.0 Å². The lowest BCUT2D eigenvalue weighted by molar-refractivity contribution is -0.253. The number of nitrogens with zero attached hydrogens (tertiary/aromatic N) is 2. The number of aliphatic hydroxyl groups excluding tert-OH is 2. The van der Waals surface area contributed by atoms with Crippen LogP contribution in [0.15, 0.2) is 78.0 Å². The average Bonchev–Trinajstić information content (AvgIpc) is 3.11. The molecule has 1 saturated carbocycles. The van der Waals surface area contributed by atoms with E-state index in [0.717, 1.165) is 42.4 Å². The number of aromatic hydroxyl groups is 1. The molecule has 1 fully saturated rings. The molecule has 1 aliphatic heterocycles. The smallest absolute Gasteiger partial charge is 0.410 e. The van der Waals surface area contributed by atoms with Crippen LogP contribution in [0.3, 0.4) is 0 Å². The second-order valence-electron chi connectivity index (χ2n) is 13.0. The number of unbranched alkanes of at least 4 members (excludes halogenated alkanes) is 2. The van der Waals surface area contributed by atoms with Crippen molar-refractivity contribution in [3.8, 4) is 11.5 Å². The van der Waals surface area contributed by atoms with Crippen LogP contribution in [-0.2, 0) is 20.9 Å². The molecule has 266 valence electrons. The number of carbonyl (C=O) groups excluding carboxylic acids is 1. The Morgan fingerprint density at radius 3 is 2.59 bits per heavy atom. The van der Waals surface area contributed by atoms with Crippen LogP contribution in [0, 0.1) is 17.8 Å². The van der Waals surface area contributed by atoms with Crippen molar-refractivity contribution in [1.29, 1.82) is 0 Å². The zero-order valence-corrected chi connectivity index (χ0v) is 29.0. The Morgan fingerprint density at radius 2 is 1.88 bits per heavy atom. The molecule has 0 bridgehead atoms. The van der Waals surface area contributed by atoms with Crippen LogP contribution in [0.5, 0.6) is 11.5 Å². The van der Waals surface area contributed by atoms with Gasteiger partial charge in [-0.15, -0.1) is 18.2 Å². The lowest BCUT2D eigenvalue weighted by atomic mass is 9.55. The number of halogens is 1. The lowest BCUT2D eigenvalue weighted by Gasteiger charge is -2.59. The Labute approximate surface area is 293 Å². The molecule has 0 spiro atoms. The number of alkyl halides is 1. The highest BCUT2D eigenvalue weighted by Crippen LogP contribution is 2.61. The maximum Gasteiger partial charge on any atom is 0.410 e. The van der Waals surface area contributed by atoms with Crippen molar-refractivity contribution in [2.75, 3.05) is 39.4 Å². The fraction of sp³-hybridized carbons (Fsp3) is 0.526. The van der Waals surface area contributed by atoms with Gasteiger partial charge in [-0.2, -0.15) is 0 Å². The number of hydrogen-bond acceptors (Lipinski definition) is 9. The monoisotopic (exact) mass is 696 g/mol. The number of aliphatic hydroxyl groups is 2. The van der Waals surface area contributed by atoms with Gasteiger partial charge in [0.05, 0.1) is 24.1 Å². The number of phenols is 1. The number of hydrogen-bond donors (Lipinski definition) is 3. The van der Waals surface area contributed by atoms with E-state index in [-0.39, 0.29) is 68.8 Å². The number of rotatable bonds is 17. The van der Waals surface area contributed by atoms with Gasteiger partial charge in [0, 0.05) is 38.2 Å². The van der Waals surface area contributed by atoms with Crippen LogP contribution in [0.2, 0.25) is 0 Å². The fourth-order valence-electron chi connectivity index (χ4n) is 7.85. The number of benzene rings is 2. The van der Waals surface area contributed by atoms with E-state index < -0.39 is 23.8 Å². The van der Waals surface area contributed by atoms with Gasteiger partial charge in [0.2, 0.25) is 5.79 Å². The predicted octanol–water partition coefficient (Wildman–Crippen LogP) is 6.53. The maximum absolute atomic E-state index is 13.5. The van der Waals surface area contributed by atoms with Crippen LogP contribution < -0.4 is 4.74 Å². The third kappa shape index (κ3) is 8.09. The Morgan fingerprint density at radius 1 is 1.12 bits per heavy atom. The standard InChI is InChI=1S/C38H49ClN2O8/c1-3-20-47-38-34(41(2)37(45)46-21-17-39)24-32(40-48-25-26-11-5-4-6-12-26)30-22-27(13-7-9-18-42)29(14-8-10-19-43)35(36(30)38)31-23-28(44)15-16-33(31)49-38/h3-6,11-12,15-16,22-23,27,29,34-36,42-44H,1,7-10,13-14,17-21,24-25H2,2H3. The van der Waals surface area contributed by atoms with E-state index >= 15 is 0 Å². The normalized spacial score (nSPS) is 26.2. The van der Waals surface area contributed by atoms with Crippen molar-refractivity contribution < 1.29 is 39.2 Å². The van der Waals surface area contributed by atoms with Gasteiger partial charge < -0.3 is 39.3 Å². The molecule has 1 amide bonds. The van der Waals surface area contributed by atoms with Gasteiger partial charge in [0.15, 0.2) is 0 Å². The third-order valence-corrected chi connectivity index (χ3v) is 10.1. The van der Waals surface area contributed by atoms with Gasteiger partial charge >= 0.3 is 6.09 Å². The van der Waals surface area contributed by atoms with Gasteiger partial charge in [0.1, 0.15) is 30.8 Å². The van der Waals surface area contributed by atoms with Crippen molar-refractivity contribution in [2.45, 2.75) is 69.3 Å². The summed E-state index contributed by atoms with van der Waals surface area (Å²) >= 11 is 5.89. The average molecular weight is 697 g/mol. The number of phenolic OH excluding ortho intramolecular Hbond substituents is 1. The van der Waals surface area contributed by atoms with Gasteiger partial charge in [-0.05, 0) is 66.9 Å². The Balaban J connectivity index is 1.71. The number of likely N-dealkylation sites (N-methyl/N-ethyl adjacent to an activating group) is 1. The molecule has 0 saturated heterocycles. The molecule has 2 aliphatic carbocycles. The number of fused-ring (bicyclic) bond motifs is 2.